The number of aryl methyl sites for hydroxylation is 1. The van der Waals surface area contributed by atoms with Gasteiger partial charge in [-0.25, -0.2) is 25.4 Å². The summed E-state index contributed by atoms with van der Waals surface area (Å²) in [6.45, 7) is 4.40. The van der Waals surface area contributed by atoms with Gasteiger partial charge in [0.1, 0.15) is 10.7 Å². The number of rotatable bonds is 0. The van der Waals surface area contributed by atoms with Crippen LogP contribution in [0.1, 0.15) is 12.6 Å². The normalized spacial score (nSPS) is 25.2. The number of piperazine rings is 1. The Bertz CT molecular complexity index is 1100. The fourth-order valence-electron chi connectivity index (χ4n) is 3.69. The van der Waals surface area contributed by atoms with E-state index in [0.29, 0.717) is 13.1 Å². The first-order chi connectivity index (χ1) is 12.1. The third-order valence-corrected chi connectivity index (χ3v) is 7.87. The second-order valence-electron chi connectivity index (χ2n) is 6.91. The van der Waals surface area contributed by atoms with Gasteiger partial charge in [0.05, 0.1) is 45.7 Å². The van der Waals surface area contributed by atoms with Crippen LogP contribution in [-0.4, -0.2) is 64.0 Å². The molecule has 2 unspecified atom stereocenters. The van der Waals surface area contributed by atoms with E-state index in [2.05, 4.69) is 14.9 Å². The SMILES string of the molecule is Cc1nc2c3c(nc(=O)n2I)N2CC(C)N(C)CC2CS(=O)(=O)c3c1F. The first-order valence-corrected chi connectivity index (χ1v) is 10.7. The zero-order valence-electron chi connectivity index (χ0n) is 14.4. The third-order valence-electron chi connectivity index (χ3n) is 5.17. The van der Waals surface area contributed by atoms with Crippen LogP contribution in [0.3, 0.4) is 0 Å². The minimum Gasteiger partial charge on any atom is -0.349 e. The van der Waals surface area contributed by atoms with Crippen LogP contribution in [0.15, 0.2) is 9.69 Å². The van der Waals surface area contributed by atoms with Crippen molar-refractivity contribution in [2.75, 3.05) is 30.8 Å². The van der Waals surface area contributed by atoms with Crippen molar-refractivity contribution in [1.29, 1.82) is 0 Å². The Morgan fingerprint density at radius 2 is 1.96 bits per heavy atom. The van der Waals surface area contributed by atoms with Gasteiger partial charge < -0.3 is 4.90 Å². The Morgan fingerprint density at radius 3 is 2.65 bits per heavy atom. The molecule has 26 heavy (non-hydrogen) atoms. The third kappa shape index (κ3) is 2.47. The lowest BCUT2D eigenvalue weighted by Crippen LogP contribution is -2.58. The van der Waals surface area contributed by atoms with Gasteiger partial charge in [0.2, 0.25) is 0 Å². The van der Waals surface area contributed by atoms with Crippen LogP contribution in [0, 0.1) is 12.7 Å². The molecule has 0 radical (unpaired) electrons. The van der Waals surface area contributed by atoms with Gasteiger partial charge in [-0.15, -0.1) is 0 Å². The summed E-state index contributed by atoms with van der Waals surface area (Å²) in [4.78, 5) is 24.1. The van der Waals surface area contributed by atoms with Gasteiger partial charge in [-0.3, -0.25) is 4.90 Å². The topological polar surface area (TPSA) is 88.4 Å². The van der Waals surface area contributed by atoms with Gasteiger partial charge in [-0.05, 0) is 20.9 Å². The molecule has 0 amide bonds. The largest absolute Gasteiger partial charge is 0.360 e. The number of hydrogen-bond donors (Lipinski definition) is 0. The van der Waals surface area contributed by atoms with Crippen molar-refractivity contribution in [2.24, 2.45) is 0 Å². The van der Waals surface area contributed by atoms with Crippen LogP contribution in [0.2, 0.25) is 0 Å². The van der Waals surface area contributed by atoms with E-state index in [1.807, 2.05) is 18.9 Å². The molecule has 0 spiro atoms. The second-order valence-corrected chi connectivity index (χ2v) is 9.85. The van der Waals surface area contributed by atoms with Crippen LogP contribution in [0.25, 0.3) is 11.0 Å². The van der Waals surface area contributed by atoms with E-state index in [-0.39, 0.29) is 34.3 Å². The van der Waals surface area contributed by atoms with E-state index in [1.54, 1.807) is 22.9 Å². The predicted molar refractivity (Wildman–Crippen MR) is 103 cm³/mol. The lowest BCUT2D eigenvalue weighted by molar-refractivity contribution is 0.206. The van der Waals surface area contributed by atoms with Crippen molar-refractivity contribution in [3.63, 3.8) is 0 Å². The highest BCUT2D eigenvalue weighted by atomic mass is 127. The summed E-state index contributed by atoms with van der Waals surface area (Å²) in [5.74, 6) is -0.882. The fourth-order valence-corrected chi connectivity index (χ4v) is 6.02. The van der Waals surface area contributed by atoms with Crippen LogP contribution >= 0.6 is 22.9 Å². The quantitative estimate of drug-likeness (QED) is 0.501. The molecule has 4 heterocycles. The zero-order chi connectivity index (χ0) is 19.0. The second kappa shape index (κ2) is 5.83. The highest BCUT2D eigenvalue weighted by Gasteiger charge is 2.41. The van der Waals surface area contributed by atoms with E-state index in [0.717, 1.165) is 2.78 Å². The van der Waals surface area contributed by atoms with Crippen LogP contribution in [-0.2, 0) is 9.84 Å². The number of halogens is 2. The standard InChI is InChI=1S/C15H17FIN5O3S/c1-7-4-21-9(5-20(7)3)6-26(24,25)12-10-13(21)19-15(23)22(17)14(10)18-8(2)11(12)16/h7,9H,4-6H2,1-3H3. The number of likely N-dealkylation sites (N-methyl/N-ethyl adjacent to an activating group) is 1. The van der Waals surface area contributed by atoms with Crippen molar-refractivity contribution < 1.29 is 12.8 Å². The van der Waals surface area contributed by atoms with E-state index >= 15 is 0 Å². The van der Waals surface area contributed by atoms with Gasteiger partial charge in [0.15, 0.2) is 21.3 Å². The van der Waals surface area contributed by atoms with Gasteiger partial charge in [0.25, 0.3) is 0 Å². The molecule has 11 heteroatoms. The lowest BCUT2D eigenvalue weighted by atomic mass is 10.1. The number of anilines is 1. The Morgan fingerprint density at radius 1 is 1.27 bits per heavy atom. The summed E-state index contributed by atoms with van der Waals surface area (Å²) in [5.41, 5.74) is -0.476. The minimum atomic E-state index is -3.92. The molecule has 1 saturated heterocycles. The van der Waals surface area contributed by atoms with Gasteiger partial charge in [-0.1, -0.05) is 0 Å². The summed E-state index contributed by atoms with van der Waals surface area (Å²) >= 11 is 1.72. The van der Waals surface area contributed by atoms with Crippen molar-refractivity contribution >= 4 is 49.6 Å². The maximum atomic E-state index is 14.9. The number of sulfone groups is 1. The molecule has 8 nitrogen and oxygen atoms in total. The maximum absolute atomic E-state index is 14.9. The predicted octanol–water partition coefficient (Wildman–Crippen LogP) is 0.733. The van der Waals surface area contributed by atoms with E-state index < -0.39 is 32.3 Å². The molecule has 4 rings (SSSR count). The molecule has 2 aliphatic heterocycles. The molecule has 140 valence electrons. The van der Waals surface area contributed by atoms with Gasteiger partial charge in [0, 0.05) is 19.1 Å². The lowest BCUT2D eigenvalue weighted by Gasteiger charge is -2.43. The average Bonchev–Trinajstić information content (AvgIpc) is 2.63. The van der Waals surface area contributed by atoms with Crippen molar-refractivity contribution in [3.05, 3.63) is 22.0 Å². The molecule has 0 N–H and O–H groups in total. The highest BCUT2D eigenvalue weighted by molar-refractivity contribution is 14.1. The molecule has 2 aromatic rings. The first kappa shape index (κ1) is 18.0. The molecule has 2 aliphatic rings. The van der Waals surface area contributed by atoms with Crippen molar-refractivity contribution in [1.82, 2.24) is 17.6 Å². The smallest absolute Gasteiger partial charge is 0.349 e. The van der Waals surface area contributed by atoms with Crippen LogP contribution in [0.4, 0.5) is 10.2 Å². The van der Waals surface area contributed by atoms with E-state index in [4.69, 9.17) is 0 Å². The summed E-state index contributed by atoms with van der Waals surface area (Å²) < 4.78 is 42.2. The number of pyridine rings is 1. The number of hydrogen-bond acceptors (Lipinski definition) is 7. The summed E-state index contributed by atoms with van der Waals surface area (Å²) in [6.07, 6.45) is 0. The summed E-state index contributed by atoms with van der Waals surface area (Å²) in [6, 6.07) is -0.272. The van der Waals surface area contributed by atoms with Gasteiger partial charge in [-0.2, -0.15) is 4.98 Å². The summed E-state index contributed by atoms with van der Waals surface area (Å²) in [7, 11) is -2.00. The fraction of sp³-hybridized carbons (Fsp3) is 0.533. The van der Waals surface area contributed by atoms with Crippen LogP contribution in [0.5, 0.6) is 0 Å². The molecule has 0 aliphatic carbocycles. The van der Waals surface area contributed by atoms with E-state index in [9.17, 15) is 17.6 Å². The Balaban J connectivity index is 2.17. The number of nitrogens with zero attached hydrogens (tertiary/aromatic N) is 5. The molecule has 0 bridgehead atoms. The van der Waals surface area contributed by atoms with E-state index in [1.165, 1.54) is 6.92 Å². The van der Waals surface area contributed by atoms with Crippen LogP contribution < -0.4 is 10.6 Å². The van der Waals surface area contributed by atoms with Crippen molar-refractivity contribution in [3.8, 4) is 0 Å². The molecular formula is C15H17FIN5O3S. The zero-order valence-corrected chi connectivity index (χ0v) is 17.4. The first-order valence-electron chi connectivity index (χ1n) is 8.10. The Labute approximate surface area is 163 Å². The minimum absolute atomic E-state index is 0.0524. The molecule has 1 fully saturated rings. The Kier molecular flexibility index (Phi) is 4.04. The monoisotopic (exact) mass is 493 g/mol. The Hall–Kier alpha value is -1.34. The average molecular weight is 493 g/mol. The number of fused-ring (bicyclic) bond motifs is 2. The molecule has 2 atom stereocenters. The molecule has 0 saturated carbocycles. The molecule has 0 aromatic carbocycles. The summed E-state index contributed by atoms with van der Waals surface area (Å²) in [5, 5.41) is 0.0985. The molecule has 2 aromatic heterocycles. The van der Waals surface area contributed by atoms with Gasteiger partial charge >= 0.3 is 5.69 Å². The highest BCUT2D eigenvalue weighted by Crippen LogP contribution is 2.38. The number of aromatic nitrogens is 3. The maximum Gasteiger partial charge on any atom is 0.360 e. The molecular weight excluding hydrogens is 476 g/mol. The van der Waals surface area contributed by atoms with Crippen molar-refractivity contribution in [2.45, 2.75) is 30.8 Å².